The Kier molecular flexibility index (Phi) is 11.4. The molecule has 0 unspecified atom stereocenters. The Labute approximate surface area is 359 Å². The molecule has 0 bridgehead atoms. The van der Waals surface area contributed by atoms with Gasteiger partial charge in [-0.05, 0) is 141 Å². The number of benzene rings is 8. The van der Waals surface area contributed by atoms with E-state index in [0.717, 1.165) is 50.8 Å². The van der Waals surface area contributed by atoms with Crippen molar-refractivity contribution in [3.05, 3.63) is 278 Å². The zero-order chi connectivity index (χ0) is 41.2. The molecule has 0 saturated heterocycles. The predicted octanol–water partition coefficient (Wildman–Crippen LogP) is 16.2. The minimum atomic E-state index is 0.967. The van der Waals surface area contributed by atoms with E-state index < -0.39 is 0 Å². The Bertz CT molecular complexity index is 2880. The van der Waals surface area contributed by atoms with Crippen LogP contribution in [0.1, 0.15) is 11.1 Å². The summed E-state index contributed by atoms with van der Waals surface area (Å²) in [7, 11) is 0. The summed E-state index contributed by atoms with van der Waals surface area (Å²) in [5.74, 6) is 0. The monoisotopic (exact) mass is 780 g/mol. The number of hydrogen-bond donors (Lipinski definition) is 0. The van der Waals surface area contributed by atoms with Gasteiger partial charge in [0.05, 0.1) is 0 Å². The summed E-state index contributed by atoms with van der Waals surface area (Å²) in [4.78, 5) is 4.57. The van der Waals surface area contributed by atoms with Crippen molar-refractivity contribution >= 4 is 40.1 Å². The number of allylic oxidation sites excluding steroid dienone is 6. The highest BCUT2D eigenvalue weighted by Crippen LogP contribution is 2.39. The molecule has 0 N–H and O–H groups in total. The first kappa shape index (κ1) is 38.4. The van der Waals surface area contributed by atoms with Crippen molar-refractivity contribution in [3.8, 4) is 33.4 Å². The van der Waals surface area contributed by atoms with Gasteiger partial charge in [0.15, 0.2) is 0 Å². The van der Waals surface area contributed by atoms with E-state index in [1.165, 1.54) is 33.4 Å². The molecule has 0 fully saturated rings. The summed E-state index contributed by atoms with van der Waals surface area (Å²) in [6.45, 7) is 4.24. The second kappa shape index (κ2) is 18.2. The molecular weight excluding hydrogens is 737 g/mol. The van der Waals surface area contributed by atoms with E-state index in [1.54, 1.807) is 0 Å². The first-order valence-corrected chi connectivity index (χ1v) is 20.6. The van der Waals surface area contributed by atoms with Gasteiger partial charge < -0.3 is 9.80 Å². The highest BCUT2D eigenvalue weighted by molar-refractivity contribution is 5.83. The fourth-order valence-corrected chi connectivity index (χ4v) is 7.73. The Morgan fingerprint density at radius 2 is 0.787 bits per heavy atom. The van der Waals surface area contributed by atoms with Gasteiger partial charge in [-0.15, -0.1) is 5.73 Å². The zero-order valence-corrected chi connectivity index (χ0v) is 33.9. The number of hydrogen-bond acceptors (Lipinski definition) is 2. The molecule has 1 aliphatic carbocycles. The maximum atomic E-state index is 4.24. The molecule has 0 amide bonds. The Morgan fingerprint density at radius 3 is 1.18 bits per heavy atom. The van der Waals surface area contributed by atoms with Gasteiger partial charge in [-0.25, -0.2) is 0 Å². The average Bonchev–Trinajstić information content (AvgIpc) is 3.89. The van der Waals surface area contributed by atoms with Gasteiger partial charge in [0.1, 0.15) is 0 Å². The Morgan fingerprint density at radius 1 is 0.410 bits per heavy atom. The third-order valence-corrected chi connectivity index (χ3v) is 10.9. The van der Waals surface area contributed by atoms with Crippen LogP contribution in [0.25, 0.3) is 45.0 Å². The Hall–Kier alpha value is -8.16. The fraction of sp³-hybridized carbons (Fsp3) is 0. The molecule has 8 aromatic carbocycles. The van der Waals surface area contributed by atoms with Gasteiger partial charge in [-0.1, -0.05) is 170 Å². The summed E-state index contributed by atoms with van der Waals surface area (Å²) in [6, 6.07) is 75.3. The van der Waals surface area contributed by atoms with Crippen LogP contribution in [0.15, 0.2) is 267 Å². The van der Waals surface area contributed by atoms with Crippen molar-refractivity contribution in [3.63, 3.8) is 0 Å². The minimum absolute atomic E-state index is 0.967. The molecule has 9 rings (SSSR count). The normalized spacial score (nSPS) is 12.1. The summed E-state index contributed by atoms with van der Waals surface area (Å²) >= 11 is 0. The van der Waals surface area contributed by atoms with Gasteiger partial charge >= 0.3 is 0 Å². The summed E-state index contributed by atoms with van der Waals surface area (Å²) < 4.78 is 0. The van der Waals surface area contributed by atoms with Crippen molar-refractivity contribution in [1.82, 2.24) is 0 Å². The van der Waals surface area contributed by atoms with Crippen LogP contribution in [0.4, 0.5) is 28.4 Å². The van der Waals surface area contributed by atoms with Crippen LogP contribution >= 0.6 is 0 Å². The van der Waals surface area contributed by atoms with Crippen molar-refractivity contribution in [1.29, 1.82) is 0 Å². The van der Waals surface area contributed by atoms with E-state index in [0.29, 0.717) is 0 Å². The standard InChI is InChI=1S/C59H44N2/c1-2-54(24-14-17-45-15-6-3-7-16-45)60(55-35-25-49(26-36-55)46-18-8-4-9-19-46)56-37-31-52(32-38-56)53-33-43-59(44-34-53)61(58-41-29-51(30-42-58)48-22-12-13-23-48)57-39-27-50(28-40-57)47-20-10-5-11-21-47/h2-12,14-44H,1H2/b17-14+,54-24+. The molecule has 2 nitrogen and oxygen atoms in total. The van der Waals surface area contributed by atoms with Crippen LogP contribution in [0.2, 0.25) is 0 Å². The fourth-order valence-electron chi connectivity index (χ4n) is 7.73. The molecule has 0 atom stereocenters. The maximum absolute atomic E-state index is 4.24. The van der Waals surface area contributed by atoms with Crippen LogP contribution in [-0.4, -0.2) is 0 Å². The van der Waals surface area contributed by atoms with Gasteiger partial charge in [0.2, 0.25) is 0 Å². The number of rotatable bonds is 13. The lowest BCUT2D eigenvalue weighted by atomic mass is 10.0. The molecule has 0 radical (unpaired) electrons. The molecule has 0 saturated carbocycles. The van der Waals surface area contributed by atoms with Crippen LogP contribution in [-0.2, 0) is 0 Å². The van der Waals surface area contributed by atoms with Gasteiger partial charge in [0.25, 0.3) is 0 Å². The molecule has 1 aliphatic rings. The second-order valence-corrected chi connectivity index (χ2v) is 14.8. The van der Waals surface area contributed by atoms with E-state index in [9.17, 15) is 0 Å². The third-order valence-electron chi connectivity index (χ3n) is 10.9. The van der Waals surface area contributed by atoms with Crippen LogP contribution in [0.3, 0.4) is 0 Å². The molecule has 2 heteroatoms. The van der Waals surface area contributed by atoms with Crippen molar-refractivity contribution < 1.29 is 0 Å². The van der Waals surface area contributed by atoms with E-state index >= 15 is 0 Å². The molecule has 0 aliphatic heterocycles. The first-order valence-electron chi connectivity index (χ1n) is 20.6. The molecule has 0 spiro atoms. The van der Waals surface area contributed by atoms with E-state index in [4.69, 9.17) is 0 Å². The van der Waals surface area contributed by atoms with Crippen LogP contribution in [0, 0.1) is 0 Å². The largest absolute Gasteiger partial charge is 0.311 e. The lowest BCUT2D eigenvalue weighted by molar-refractivity contribution is 1.21. The molecule has 8 aromatic rings. The van der Waals surface area contributed by atoms with Gasteiger partial charge in [-0.3, -0.25) is 0 Å². The number of nitrogens with zero attached hydrogens (tertiary/aromatic N) is 2. The lowest BCUT2D eigenvalue weighted by Gasteiger charge is -2.27. The van der Waals surface area contributed by atoms with E-state index in [1.807, 2.05) is 30.4 Å². The molecule has 61 heavy (non-hydrogen) atoms. The molecule has 290 valence electrons. The Balaban J connectivity index is 1.02. The van der Waals surface area contributed by atoms with Crippen LogP contribution in [0.5, 0.6) is 0 Å². The van der Waals surface area contributed by atoms with E-state index in [2.05, 4.69) is 247 Å². The lowest BCUT2D eigenvalue weighted by Crippen LogP contribution is -2.15. The van der Waals surface area contributed by atoms with Crippen LogP contribution < -0.4 is 9.80 Å². The first-order chi connectivity index (χ1) is 30.2. The topological polar surface area (TPSA) is 6.48 Å². The SMILES string of the molecule is C=C/C(=C\C=C\c1ccccc1)N(c1ccc(-c2ccccc2)cc1)c1ccc(-c2ccc(N(c3ccc(C4=CC=C=C4)cc3)c3ccc(-c4ccccc4)cc3)cc2)cc1. The average molecular weight is 781 g/mol. The van der Waals surface area contributed by atoms with Gasteiger partial charge in [-0.2, -0.15) is 0 Å². The second-order valence-electron chi connectivity index (χ2n) is 14.8. The van der Waals surface area contributed by atoms with Gasteiger partial charge in [0, 0.05) is 34.1 Å². The molecule has 0 aromatic heterocycles. The van der Waals surface area contributed by atoms with Crippen molar-refractivity contribution in [2.75, 3.05) is 9.80 Å². The predicted molar refractivity (Wildman–Crippen MR) is 260 cm³/mol. The summed E-state index contributed by atoms with van der Waals surface area (Å²) in [5.41, 5.74) is 20.0. The smallest absolute Gasteiger partial charge is 0.0462 e. The van der Waals surface area contributed by atoms with Crippen molar-refractivity contribution in [2.24, 2.45) is 0 Å². The number of anilines is 5. The molecule has 0 heterocycles. The summed E-state index contributed by atoms with van der Waals surface area (Å²) in [5, 5.41) is 0. The third kappa shape index (κ3) is 8.82. The highest BCUT2D eigenvalue weighted by Gasteiger charge is 2.16. The summed E-state index contributed by atoms with van der Waals surface area (Å²) in [6.07, 6.45) is 14.3. The van der Waals surface area contributed by atoms with Crippen molar-refractivity contribution in [2.45, 2.75) is 0 Å². The minimum Gasteiger partial charge on any atom is -0.311 e. The molecular formula is C59H44N2. The quantitative estimate of drug-likeness (QED) is 0.0849. The maximum Gasteiger partial charge on any atom is 0.0462 e. The highest BCUT2D eigenvalue weighted by atomic mass is 15.1. The van der Waals surface area contributed by atoms with E-state index in [-0.39, 0.29) is 0 Å². The zero-order valence-electron chi connectivity index (χ0n) is 33.9.